The Morgan fingerprint density at radius 3 is 2.47 bits per heavy atom. The highest BCUT2D eigenvalue weighted by Crippen LogP contribution is 2.05. The highest BCUT2D eigenvalue weighted by molar-refractivity contribution is 5.07. The second kappa shape index (κ2) is 5.07. The molecule has 0 radical (unpaired) electrons. The first-order valence-electron chi connectivity index (χ1n) is 5.20. The van der Waals surface area contributed by atoms with Crippen LogP contribution >= 0.6 is 0 Å². The summed E-state index contributed by atoms with van der Waals surface area (Å²) in [7, 11) is 0. The maximum absolute atomic E-state index is 5.21. The largest absolute Gasteiger partial charge is 0.477 e. The third kappa shape index (κ3) is 4.74. The van der Waals surface area contributed by atoms with Crippen molar-refractivity contribution in [2.45, 2.75) is 39.8 Å². The molecule has 4 heteroatoms. The van der Waals surface area contributed by atoms with Crippen molar-refractivity contribution in [2.75, 3.05) is 6.61 Å². The van der Waals surface area contributed by atoms with E-state index in [1.54, 1.807) is 12.4 Å². The Bertz CT molecular complexity index is 290. The van der Waals surface area contributed by atoms with Crippen LogP contribution in [0.15, 0.2) is 12.4 Å². The smallest absolute Gasteiger partial charge is 0.232 e. The monoisotopic (exact) mass is 209 g/mol. The van der Waals surface area contributed by atoms with Gasteiger partial charge in [-0.1, -0.05) is 0 Å². The molecule has 4 nitrogen and oxygen atoms in total. The standard InChI is InChI=1S/C11H19N3O/c1-5-15-10-8-12-9(6-13-10)7-14-11(2,3)4/h6,8,14H,5,7H2,1-4H3. The normalized spacial score (nSPS) is 11.5. The molecule has 1 rings (SSSR count). The first-order chi connectivity index (χ1) is 7.01. The molecule has 0 aliphatic heterocycles. The second-order valence-electron chi connectivity index (χ2n) is 4.38. The summed E-state index contributed by atoms with van der Waals surface area (Å²) in [5, 5.41) is 3.35. The molecule has 0 saturated heterocycles. The highest BCUT2D eigenvalue weighted by atomic mass is 16.5. The number of hydrogen-bond donors (Lipinski definition) is 1. The SMILES string of the molecule is CCOc1cnc(CNC(C)(C)C)cn1. The van der Waals surface area contributed by atoms with E-state index in [0.717, 1.165) is 12.2 Å². The van der Waals surface area contributed by atoms with E-state index in [9.17, 15) is 0 Å². The minimum absolute atomic E-state index is 0.0975. The van der Waals surface area contributed by atoms with Crippen LogP contribution in [-0.2, 0) is 6.54 Å². The van der Waals surface area contributed by atoms with Gasteiger partial charge in [0.25, 0.3) is 0 Å². The van der Waals surface area contributed by atoms with Gasteiger partial charge in [-0.2, -0.15) is 0 Å². The third-order valence-corrected chi connectivity index (χ3v) is 1.77. The Morgan fingerprint density at radius 2 is 2.00 bits per heavy atom. The number of nitrogens with zero attached hydrogens (tertiary/aromatic N) is 2. The van der Waals surface area contributed by atoms with Crippen molar-refractivity contribution in [2.24, 2.45) is 0 Å². The summed E-state index contributed by atoms with van der Waals surface area (Å²) in [5.74, 6) is 0.581. The molecular weight excluding hydrogens is 190 g/mol. The lowest BCUT2D eigenvalue weighted by Crippen LogP contribution is -2.35. The van der Waals surface area contributed by atoms with Gasteiger partial charge in [0.2, 0.25) is 5.88 Å². The number of rotatable bonds is 4. The van der Waals surface area contributed by atoms with Crippen LogP contribution in [0.3, 0.4) is 0 Å². The molecule has 84 valence electrons. The van der Waals surface area contributed by atoms with Crippen LogP contribution in [0.2, 0.25) is 0 Å². The van der Waals surface area contributed by atoms with Gasteiger partial charge >= 0.3 is 0 Å². The van der Waals surface area contributed by atoms with E-state index in [1.807, 2.05) is 6.92 Å². The summed E-state index contributed by atoms with van der Waals surface area (Å²) in [6.07, 6.45) is 3.40. The van der Waals surface area contributed by atoms with Gasteiger partial charge in [0.05, 0.1) is 24.7 Å². The number of hydrogen-bond acceptors (Lipinski definition) is 4. The molecule has 0 atom stereocenters. The van der Waals surface area contributed by atoms with E-state index in [-0.39, 0.29) is 5.54 Å². The van der Waals surface area contributed by atoms with Crippen molar-refractivity contribution in [3.8, 4) is 5.88 Å². The molecule has 0 fully saturated rings. The van der Waals surface area contributed by atoms with Gasteiger partial charge in [-0.05, 0) is 27.7 Å². The third-order valence-electron chi connectivity index (χ3n) is 1.77. The molecule has 0 aliphatic rings. The van der Waals surface area contributed by atoms with E-state index in [0.29, 0.717) is 12.5 Å². The lowest BCUT2D eigenvalue weighted by molar-refractivity contribution is 0.324. The fourth-order valence-electron chi connectivity index (χ4n) is 1.01. The Hall–Kier alpha value is -1.16. The van der Waals surface area contributed by atoms with E-state index in [4.69, 9.17) is 4.74 Å². The van der Waals surface area contributed by atoms with Crippen molar-refractivity contribution in [3.63, 3.8) is 0 Å². The van der Waals surface area contributed by atoms with E-state index < -0.39 is 0 Å². The maximum Gasteiger partial charge on any atom is 0.232 e. The molecular formula is C11H19N3O. The van der Waals surface area contributed by atoms with Gasteiger partial charge in [-0.15, -0.1) is 0 Å². The zero-order valence-electron chi connectivity index (χ0n) is 9.87. The van der Waals surface area contributed by atoms with Gasteiger partial charge in [-0.25, -0.2) is 4.98 Å². The van der Waals surface area contributed by atoms with Gasteiger partial charge in [0.1, 0.15) is 0 Å². The first kappa shape index (κ1) is 11.9. The van der Waals surface area contributed by atoms with Crippen LogP contribution in [0.1, 0.15) is 33.4 Å². The Morgan fingerprint density at radius 1 is 1.27 bits per heavy atom. The predicted octanol–water partition coefficient (Wildman–Crippen LogP) is 1.76. The molecule has 15 heavy (non-hydrogen) atoms. The van der Waals surface area contributed by atoms with Crippen LogP contribution < -0.4 is 10.1 Å². The van der Waals surface area contributed by atoms with Crippen molar-refractivity contribution < 1.29 is 4.74 Å². The predicted molar refractivity (Wildman–Crippen MR) is 59.8 cm³/mol. The average molecular weight is 209 g/mol. The molecule has 0 aromatic carbocycles. The number of nitrogens with one attached hydrogen (secondary N) is 1. The van der Waals surface area contributed by atoms with Crippen molar-refractivity contribution in [1.29, 1.82) is 0 Å². The summed E-state index contributed by atoms with van der Waals surface area (Å²) in [6, 6.07) is 0. The summed E-state index contributed by atoms with van der Waals surface area (Å²) in [4.78, 5) is 8.39. The van der Waals surface area contributed by atoms with E-state index in [2.05, 4.69) is 36.1 Å². The molecule has 1 heterocycles. The number of aromatic nitrogens is 2. The molecule has 1 N–H and O–H groups in total. The minimum atomic E-state index is 0.0975. The topological polar surface area (TPSA) is 47.0 Å². The molecule has 0 bridgehead atoms. The first-order valence-corrected chi connectivity index (χ1v) is 5.20. The lowest BCUT2D eigenvalue weighted by Gasteiger charge is -2.19. The molecule has 0 saturated carbocycles. The number of ether oxygens (including phenoxy) is 1. The van der Waals surface area contributed by atoms with Crippen molar-refractivity contribution in [1.82, 2.24) is 15.3 Å². The molecule has 1 aromatic heterocycles. The molecule has 0 spiro atoms. The summed E-state index contributed by atoms with van der Waals surface area (Å²) < 4.78 is 5.21. The second-order valence-corrected chi connectivity index (χ2v) is 4.38. The summed E-state index contributed by atoms with van der Waals surface area (Å²) in [5.41, 5.74) is 1.02. The molecule has 0 amide bonds. The average Bonchev–Trinajstić information content (AvgIpc) is 2.16. The quantitative estimate of drug-likeness (QED) is 0.821. The van der Waals surface area contributed by atoms with Crippen LogP contribution in [0.5, 0.6) is 5.88 Å². The summed E-state index contributed by atoms with van der Waals surface area (Å²) in [6.45, 7) is 9.63. The lowest BCUT2D eigenvalue weighted by atomic mass is 10.1. The minimum Gasteiger partial charge on any atom is -0.477 e. The molecule has 1 aromatic rings. The fraction of sp³-hybridized carbons (Fsp3) is 0.636. The Labute approximate surface area is 91.1 Å². The Kier molecular flexibility index (Phi) is 4.03. The van der Waals surface area contributed by atoms with E-state index in [1.165, 1.54) is 0 Å². The zero-order chi connectivity index (χ0) is 11.3. The maximum atomic E-state index is 5.21. The van der Waals surface area contributed by atoms with E-state index >= 15 is 0 Å². The Balaban J connectivity index is 2.50. The van der Waals surface area contributed by atoms with Crippen LogP contribution in [0, 0.1) is 0 Å². The fourth-order valence-corrected chi connectivity index (χ4v) is 1.01. The zero-order valence-corrected chi connectivity index (χ0v) is 9.87. The molecule has 0 unspecified atom stereocenters. The van der Waals surface area contributed by atoms with Crippen LogP contribution in [0.25, 0.3) is 0 Å². The highest BCUT2D eigenvalue weighted by Gasteiger charge is 2.08. The van der Waals surface area contributed by atoms with Crippen LogP contribution in [-0.4, -0.2) is 22.1 Å². The van der Waals surface area contributed by atoms with Gasteiger partial charge in [0, 0.05) is 12.1 Å². The van der Waals surface area contributed by atoms with Crippen molar-refractivity contribution in [3.05, 3.63) is 18.1 Å². The van der Waals surface area contributed by atoms with Gasteiger partial charge in [-0.3, -0.25) is 4.98 Å². The van der Waals surface area contributed by atoms with Gasteiger partial charge in [0.15, 0.2) is 0 Å². The van der Waals surface area contributed by atoms with Gasteiger partial charge < -0.3 is 10.1 Å². The van der Waals surface area contributed by atoms with Crippen LogP contribution in [0.4, 0.5) is 0 Å². The van der Waals surface area contributed by atoms with Crippen molar-refractivity contribution >= 4 is 0 Å². The summed E-state index contributed by atoms with van der Waals surface area (Å²) >= 11 is 0. The molecule has 0 aliphatic carbocycles.